The standard InChI is InChI=1S/C17H27NO/c1-17(2,3)15-9-7-14(8-10-15)12-19-13-16-6-4-5-11-18-16/h7-10,16,18H,4-6,11-13H2,1-3H3. The Labute approximate surface area is 117 Å². The fraction of sp³-hybridized carbons (Fsp3) is 0.647. The molecule has 0 amide bonds. The van der Waals surface area contributed by atoms with Gasteiger partial charge in [-0.15, -0.1) is 0 Å². The van der Waals surface area contributed by atoms with Crippen LogP contribution in [-0.4, -0.2) is 19.2 Å². The summed E-state index contributed by atoms with van der Waals surface area (Å²) in [6, 6.07) is 9.38. The minimum atomic E-state index is 0.228. The summed E-state index contributed by atoms with van der Waals surface area (Å²) >= 11 is 0. The van der Waals surface area contributed by atoms with E-state index in [1.54, 1.807) is 0 Å². The van der Waals surface area contributed by atoms with Crippen molar-refractivity contribution >= 4 is 0 Å². The van der Waals surface area contributed by atoms with E-state index in [2.05, 4.69) is 50.4 Å². The largest absolute Gasteiger partial charge is 0.375 e. The molecule has 0 spiro atoms. The fourth-order valence-electron chi connectivity index (χ4n) is 2.49. The molecule has 0 radical (unpaired) electrons. The van der Waals surface area contributed by atoms with Crippen molar-refractivity contribution < 1.29 is 4.74 Å². The maximum Gasteiger partial charge on any atom is 0.0717 e. The van der Waals surface area contributed by atoms with Crippen LogP contribution in [0.25, 0.3) is 0 Å². The molecule has 1 atom stereocenters. The molecule has 0 saturated carbocycles. The van der Waals surface area contributed by atoms with Gasteiger partial charge in [0.15, 0.2) is 0 Å². The second-order valence-corrected chi connectivity index (χ2v) is 6.61. The van der Waals surface area contributed by atoms with Crippen LogP contribution in [0.3, 0.4) is 0 Å². The van der Waals surface area contributed by atoms with Crippen LogP contribution >= 0.6 is 0 Å². The van der Waals surface area contributed by atoms with Crippen molar-refractivity contribution in [1.29, 1.82) is 0 Å². The van der Waals surface area contributed by atoms with E-state index in [0.717, 1.165) is 19.8 Å². The van der Waals surface area contributed by atoms with E-state index in [1.165, 1.54) is 30.4 Å². The maximum atomic E-state index is 5.82. The zero-order valence-electron chi connectivity index (χ0n) is 12.5. The lowest BCUT2D eigenvalue weighted by Gasteiger charge is -2.23. The number of benzene rings is 1. The van der Waals surface area contributed by atoms with Crippen LogP contribution in [0.2, 0.25) is 0 Å². The third-order valence-corrected chi connectivity index (χ3v) is 3.82. The van der Waals surface area contributed by atoms with Gasteiger partial charge in [0, 0.05) is 6.04 Å². The van der Waals surface area contributed by atoms with E-state index >= 15 is 0 Å². The molecule has 2 nitrogen and oxygen atoms in total. The average Bonchev–Trinajstić information content (AvgIpc) is 2.39. The van der Waals surface area contributed by atoms with E-state index in [0.29, 0.717) is 6.04 Å². The van der Waals surface area contributed by atoms with E-state index < -0.39 is 0 Å². The predicted molar refractivity (Wildman–Crippen MR) is 80.4 cm³/mol. The molecule has 1 saturated heterocycles. The lowest BCUT2D eigenvalue weighted by atomic mass is 9.87. The minimum Gasteiger partial charge on any atom is -0.375 e. The lowest BCUT2D eigenvalue weighted by Crippen LogP contribution is -2.37. The van der Waals surface area contributed by atoms with Crippen LogP contribution in [0, 0.1) is 0 Å². The average molecular weight is 261 g/mol. The Morgan fingerprint density at radius 2 is 1.89 bits per heavy atom. The van der Waals surface area contributed by atoms with Gasteiger partial charge in [-0.1, -0.05) is 51.5 Å². The molecule has 1 aliphatic heterocycles. The summed E-state index contributed by atoms with van der Waals surface area (Å²) < 4.78 is 5.82. The number of nitrogens with one attached hydrogen (secondary N) is 1. The number of ether oxygens (including phenoxy) is 1. The van der Waals surface area contributed by atoms with Crippen LogP contribution in [0.15, 0.2) is 24.3 Å². The molecule has 1 aliphatic rings. The summed E-state index contributed by atoms with van der Waals surface area (Å²) in [6.45, 7) is 9.44. The molecule has 0 aromatic heterocycles. The van der Waals surface area contributed by atoms with E-state index in [-0.39, 0.29) is 5.41 Å². The molecule has 1 N–H and O–H groups in total. The molecular formula is C17H27NO. The first-order valence-corrected chi connectivity index (χ1v) is 7.46. The van der Waals surface area contributed by atoms with Crippen molar-refractivity contribution in [2.45, 2.75) is 58.1 Å². The first-order valence-electron chi connectivity index (χ1n) is 7.46. The minimum absolute atomic E-state index is 0.228. The molecule has 106 valence electrons. The Morgan fingerprint density at radius 1 is 1.16 bits per heavy atom. The van der Waals surface area contributed by atoms with Gasteiger partial charge in [-0.2, -0.15) is 0 Å². The molecular weight excluding hydrogens is 234 g/mol. The van der Waals surface area contributed by atoms with Crippen LogP contribution in [-0.2, 0) is 16.8 Å². The fourth-order valence-corrected chi connectivity index (χ4v) is 2.49. The van der Waals surface area contributed by atoms with Crippen molar-refractivity contribution in [3.63, 3.8) is 0 Å². The van der Waals surface area contributed by atoms with E-state index in [4.69, 9.17) is 4.74 Å². The number of rotatable bonds is 4. The van der Waals surface area contributed by atoms with E-state index in [9.17, 15) is 0 Å². The summed E-state index contributed by atoms with van der Waals surface area (Å²) in [4.78, 5) is 0. The van der Waals surface area contributed by atoms with Gasteiger partial charge in [-0.3, -0.25) is 0 Å². The van der Waals surface area contributed by atoms with Crippen LogP contribution in [0.5, 0.6) is 0 Å². The van der Waals surface area contributed by atoms with Crippen molar-refractivity contribution in [1.82, 2.24) is 5.32 Å². The molecule has 1 heterocycles. The molecule has 1 fully saturated rings. The predicted octanol–water partition coefficient (Wildman–Crippen LogP) is 3.64. The zero-order valence-corrected chi connectivity index (χ0v) is 12.5. The quantitative estimate of drug-likeness (QED) is 0.893. The first-order chi connectivity index (χ1) is 9.05. The highest BCUT2D eigenvalue weighted by atomic mass is 16.5. The van der Waals surface area contributed by atoms with Gasteiger partial charge in [0.1, 0.15) is 0 Å². The van der Waals surface area contributed by atoms with Crippen molar-refractivity contribution in [2.75, 3.05) is 13.2 Å². The van der Waals surface area contributed by atoms with Gasteiger partial charge < -0.3 is 10.1 Å². The highest BCUT2D eigenvalue weighted by Gasteiger charge is 2.14. The summed E-state index contributed by atoms with van der Waals surface area (Å²) in [5, 5.41) is 3.51. The van der Waals surface area contributed by atoms with Gasteiger partial charge in [0.2, 0.25) is 0 Å². The monoisotopic (exact) mass is 261 g/mol. The Kier molecular flexibility index (Phi) is 5.00. The van der Waals surface area contributed by atoms with Crippen LogP contribution in [0.4, 0.5) is 0 Å². The number of hydrogen-bond donors (Lipinski definition) is 1. The Bertz CT molecular complexity index is 371. The summed E-state index contributed by atoms with van der Waals surface area (Å²) in [7, 11) is 0. The third-order valence-electron chi connectivity index (χ3n) is 3.82. The summed E-state index contributed by atoms with van der Waals surface area (Å²) in [5.74, 6) is 0. The SMILES string of the molecule is CC(C)(C)c1ccc(COCC2CCCCN2)cc1. The molecule has 2 rings (SSSR count). The van der Waals surface area contributed by atoms with Crippen LogP contribution in [0.1, 0.15) is 51.2 Å². The maximum absolute atomic E-state index is 5.82. The van der Waals surface area contributed by atoms with Gasteiger partial charge in [-0.25, -0.2) is 0 Å². The van der Waals surface area contributed by atoms with Crippen molar-refractivity contribution in [3.8, 4) is 0 Å². The van der Waals surface area contributed by atoms with Gasteiger partial charge >= 0.3 is 0 Å². The van der Waals surface area contributed by atoms with Crippen molar-refractivity contribution in [3.05, 3.63) is 35.4 Å². The topological polar surface area (TPSA) is 21.3 Å². The summed E-state index contributed by atoms with van der Waals surface area (Å²) in [5.41, 5.74) is 2.87. The second kappa shape index (κ2) is 6.53. The van der Waals surface area contributed by atoms with Gasteiger partial charge in [0.05, 0.1) is 13.2 Å². The Balaban J connectivity index is 1.76. The molecule has 19 heavy (non-hydrogen) atoms. The number of piperidine rings is 1. The first kappa shape index (κ1) is 14.5. The number of hydrogen-bond acceptors (Lipinski definition) is 2. The zero-order chi connectivity index (χ0) is 13.7. The third kappa shape index (κ3) is 4.63. The molecule has 0 bridgehead atoms. The Morgan fingerprint density at radius 3 is 2.47 bits per heavy atom. The van der Waals surface area contributed by atoms with Gasteiger partial charge in [-0.05, 0) is 35.9 Å². The van der Waals surface area contributed by atoms with E-state index in [1.807, 2.05) is 0 Å². The molecule has 1 unspecified atom stereocenters. The molecule has 1 aromatic carbocycles. The lowest BCUT2D eigenvalue weighted by molar-refractivity contribution is 0.0911. The second-order valence-electron chi connectivity index (χ2n) is 6.61. The normalized spacial score (nSPS) is 20.5. The molecule has 1 aromatic rings. The molecule has 2 heteroatoms. The van der Waals surface area contributed by atoms with Crippen LogP contribution < -0.4 is 5.32 Å². The van der Waals surface area contributed by atoms with Gasteiger partial charge in [0.25, 0.3) is 0 Å². The Hall–Kier alpha value is -0.860. The highest BCUT2D eigenvalue weighted by Crippen LogP contribution is 2.22. The smallest absolute Gasteiger partial charge is 0.0717 e. The van der Waals surface area contributed by atoms with Crippen molar-refractivity contribution in [2.24, 2.45) is 0 Å². The summed E-state index contributed by atoms with van der Waals surface area (Å²) in [6.07, 6.45) is 3.90. The highest BCUT2D eigenvalue weighted by molar-refractivity contribution is 5.27. The molecule has 0 aliphatic carbocycles.